The van der Waals surface area contributed by atoms with Crippen molar-refractivity contribution in [3.05, 3.63) is 25.6 Å². The lowest BCUT2D eigenvalue weighted by molar-refractivity contribution is 0.128. The molecule has 0 spiro atoms. The number of H-pyrrole nitrogens is 1. The minimum Gasteiger partial charge on any atom is -0.323 e. The van der Waals surface area contributed by atoms with E-state index in [9.17, 15) is 4.79 Å². The van der Waals surface area contributed by atoms with Crippen LogP contribution in [0.2, 0.25) is 0 Å². The Balaban J connectivity index is 2.41. The molecule has 0 unspecified atom stereocenters. The SMILES string of the molecule is CCC1(n2c(=S)[nH]c3sc(C)c(C)c3c2=O)CCC1. The second-order valence-electron chi connectivity index (χ2n) is 5.49. The van der Waals surface area contributed by atoms with Crippen LogP contribution in [0.25, 0.3) is 10.2 Å². The Kier molecular flexibility index (Phi) is 2.94. The van der Waals surface area contributed by atoms with Crippen LogP contribution in [0, 0.1) is 18.6 Å². The molecule has 0 atom stereocenters. The standard InChI is InChI=1S/C14H18N2OS2/c1-4-14(6-5-7-14)16-12(17)10-8(2)9(3)19-11(10)15-13(16)18/h4-7H2,1-3H3,(H,15,18). The van der Waals surface area contributed by atoms with Gasteiger partial charge in [0, 0.05) is 4.88 Å². The maximum Gasteiger partial charge on any atom is 0.263 e. The van der Waals surface area contributed by atoms with Crippen molar-refractivity contribution in [1.82, 2.24) is 9.55 Å². The van der Waals surface area contributed by atoms with Crippen LogP contribution in [0.5, 0.6) is 0 Å². The molecule has 0 saturated heterocycles. The molecule has 102 valence electrons. The zero-order valence-corrected chi connectivity index (χ0v) is 13.1. The Bertz CT molecular complexity index is 757. The number of aromatic nitrogens is 2. The molecular formula is C14H18N2OS2. The molecule has 0 aromatic carbocycles. The molecule has 1 aliphatic carbocycles. The van der Waals surface area contributed by atoms with Crippen LogP contribution < -0.4 is 5.56 Å². The van der Waals surface area contributed by atoms with E-state index in [2.05, 4.69) is 18.8 Å². The molecule has 3 nitrogen and oxygen atoms in total. The van der Waals surface area contributed by atoms with Crippen LogP contribution in [-0.4, -0.2) is 9.55 Å². The summed E-state index contributed by atoms with van der Waals surface area (Å²) < 4.78 is 2.44. The number of thiophene rings is 1. The van der Waals surface area contributed by atoms with Gasteiger partial charge < -0.3 is 4.98 Å². The molecule has 0 radical (unpaired) electrons. The van der Waals surface area contributed by atoms with Gasteiger partial charge in [-0.25, -0.2) is 0 Å². The predicted molar refractivity (Wildman–Crippen MR) is 82.9 cm³/mol. The van der Waals surface area contributed by atoms with Gasteiger partial charge in [-0.3, -0.25) is 9.36 Å². The molecule has 19 heavy (non-hydrogen) atoms. The average molecular weight is 294 g/mol. The van der Waals surface area contributed by atoms with Crippen LogP contribution in [-0.2, 0) is 5.54 Å². The largest absolute Gasteiger partial charge is 0.323 e. The molecular weight excluding hydrogens is 276 g/mol. The first-order valence-electron chi connectivity index (χ1n) is 6.76. The van der Waals surface area contributed by atoms with E-state index in [1.807, 2.05) is 11.5 Å². The third-order valence-electron chi connectivity index (χ3n) is 4.64. The highest BCUT2D eigenvalue weighted by molar-refractivity contribution is 7.71. The summed E-state index contributed by atoms with van der Waals surface area (Å²) in [7, 11) is 0. The van der Waals surface area contributed by atoms with Crippen LogP contribution >= 0.6 is 23.6 Å². The highest BCUT2D eigenvalue weighted by Gasteiger charge is 2.39. The molecule has 0 amide bonds. The maximum absolute atomic E-state index is 12.9. The van der Waals surface area contributed by atoms with E-state index in [0.717, 1.165) is 35.0 Å². The summed E-state index contributed by atoms with van der Waals surface area (Å²) >= 11 is 7.07. The molecule has 5 heteroatoms. The van der Waals surface area contributed by atoms with E-state index < -0.39 is 0 Å². The fourth-order valence-electron chi connectivity index (χ4n) is 3.08. The normalized spacial score (nSPS) is 17.6. The predicted octanol–water partition coefficient (Wildman–Crippen LogP) is 4.03. The molecule has 0 aliphatic heterocycles. The summed E-state index contributed by atoms with van der Waals surface area (Å²) in [4.78, 5) is 18.2. The van der Waals surface area contributed by atoms with Gasteiger partial charge >= 0.3 is 0 Å². The number of nitrogens with zero attached hydrogens (tertiary/aromatic N) is 1. The van der Waals surface area contributed by atoms with Crippen LogP contribution in [0.15, 0.2) is 4.79 Å². The molecule has 1 N–H and O–H groups in total. The topological polar surface area (TPSA) is 37.8 Å². The van der Waals surface area contributed by atoms with Gasteiger partial charge in [-0.2, -0.15) is 0 Å². The van der Waals surface area contributed by atoms with Crippen molar-refractivity contribution in [3.63, 3.8) is 0 Å². The zero-order valence-electron chi connectivity index (χ0n) is 11.5. The molecule has 2 aromatic rings. The van der Waals surface area contributed by atoms with Gasteiger partial charge in [-0.05, 0) is 57.3 Å². The van der Waals surface area contributed by atoms with Crippen molar-refractivity contribution < 1.29 is 0 Å². The lowest BCUT2D eigenvalue weighted by atomic mass is 9.74. The monoisotopic (exact) mass is 294 g/mol. The van der Waals surface area contributed by atoms with E-state index in [1.165, 1.54) is 11.3 Å². The lowest BCUT2D eigenvalue weighted by Gasteiger charge is -2.42. The number of rotatable bonds is 2. The molecule has 1 saturated carbocycles. The van der Waals surface area contributed by atoms with Crippen molar-refractivity contribution in [1.29, 1.82) is 0 Å². The Hall–Kier alpha value is -0.940. The molecule has 1 fully saturated rings. The van der Waals surface area contributed by atoms with Gasteiger partial charge in [-0.15, -0.1) is 11.3 Å². The molecule has 0 bridgehead atoms. The Morgan fingerprint density at radius 1 is 1.42 bits per heavy atom. The highest BCUT2D eigenvalue weighted by atomic mass is 32.1. The van der Waals surface area contributed by atoms with Gasteiger partial charge in [0.05, 0.1) is 10.9 Å². The fraction of sp³-hybridized carbons (Fsp3) is 0.571. The minimum atomic E-state index is -0.0405. The fourth-order valence-corrected chi connectivity index (χ4v) is 4.58. The van der Waals surface area contributed by atoms with Crippen molar-refractivity contribution in [3.8, 4) is 0 Å². The number of aromatic amines is 1. The van der Waals surface area contributed by atoms with E-state index in [0.29, 0.717) is 4.77 Å². The van der Waals surface area contributed by atoms with Gasteiger partial charge in [0.15, 0.2) is 4.77 Å². The smallest absolute Gasteiger partial charge is 0.263 e. The number of aryl methyl sites for hydroxylation is 2. The summed E-state index contributed by atoms with van der Waals surface area (Å²) in [5.74, 6) is 0. The lowest BCUT2D eigenvalue weighted by Crippen LogP contribution is -2.46. The second kappa shape index (κ2) is 4.28. The number of hydrogen-bond donors (Lipinski definition) is 1. The third kappa shape index (κ3) is 1.68. The summed E-state index contributed by atoms with van der Waals surface area (Å²) in [5, 5.41) is 0.829. The van der Waals surface area contributed by atoms with E-state index >= 15 is 0 Å². The average Bonchev–Trinajstić information content (AvgIpc) is 2.58. The third-order valence-corrected chi connectivity index (χ3v) is 6.05. The molecule has 2 aromatic heterocycles. The van der Waals surface area contributed by atoms with E-state index in [1.54, 1.807) is 11.3 Å². The Morgan fingerprint density at radius 3 is 2.63 bits per heavy atom. The Labute approximate surface area is 121 Å². The van der Waals surface area contributed by atoms with Crippen molar-refractivity contribution in [2.24, 2.45) is 0 Å². The Morgan fingerprint density at radius 2 is 2.11 bits per heavy atom. The summed E-state index contributed by atoms with van der Waals surface area (Å²) in [6, 6.07) is 0. The van der Waals surface area contributed by atoms with Gasteiger partial charge in [0.2, 0.25) is 0 Å². The van der Waals surface area contributed by atoms with Crippen molar-refractivity contribution in [2.45, 2.75) is 52.0 Å². The minimum absolute atomic E-state index is 0.0405. The molecule has 3 rings (SSSR count). The quantitative estimate of drug-likeness (QED) is 0.849. The zero-order chi connectivity index (χ0) is 13.8. The maximum atomic E-state index is 12.9. The van der Waals surface area contributed by atoms with Gasteiger partial charge in [0.1, 0.15) is 4.83 Å². The summed E-state index contributed by atoms with van der Waals surface area (Å²) in [6.45, 7) is 6.23. The van der Waals surface area contributed by atoms with Crippen molar-refractivity contribution in [2.75, 3.05) is 0 Å². The summed E-state index contributed by atoms with van der Waals surface area (Å²) in [6.07, 6.45) is 4.29. The first-order chi connectivity index (χ1) is 9.00. The first kappa shape index (κ1) is 13.1. The highest BCUT2D eigenvalue weighted by Crippen LogP contribution is 2.41. The number of fused-ring (bicyclic) bond motifs is 1. The first-order valence-corrected chi connectivity index (χ1v) is 7.98. The number of nitrogens with one attached hydrogen (secondary N) is 1. The van der Waals surface area contributed by atoms with Crippen molar-refractivity contribution >= 4 is 33.8 Å². The van der Waals surface area contributed by atoms with Crippen LogP contribution in [0.1, 0.15) is 43.0 Å². The summed E-state index contributed by atoms with van der Waals surface area (Å²) in [5.41, 5.74) is 1.15. The molecule has 2 heterocycles. The van der Waals surface area contributed by atoms with Gasteiger partial charge in [0.25, 0.3) is 5.56 Å². The van der Waals surface area contributed by atoms with Crippen LogP contribution in [0.4, 0.5) is 0 Å². The van der Waals surface area contributed by atoms with Crippen LogP contribution in [0.3, 0.4) is 0 Å². The van der Waals surface area contributed by atoms with Gasteiger partial charge in [-0.1, -0.05) is 6.92 Å². The number of hydrogen-bond acceptors (Lipinski definition) is 3. The van der Waals surface area contributed by atoms with E-state index in [4.69, 9.17) is 12.2 Å². The molecule has 1 aliphatic rings. The van der Waals surface area contributed by atoms with E-state index in [-0.39, 0.29) is 11.1 Å². The second-order valence-corrected chi connectivity index (χ2v) is 7.10.